The van der Waals surface area contributed by atoms with Crippen molar-refractivity contribution in [2.24, 2.45) is 0 Å². The van der Waals surface area contributed by atoms with Crippen LogP contribution >= 0.6 is 0 Å². The van der Waals surface area contributed by atoms with Crippen LogP contribution in [0.2, 0.25) is 0 Å². The molecule has 0 aliphatic carbocycles. The lowest BCUT2D eigenvalue weighted by atomic mass is 10.1. The molecule has 1 unspecified atom stereocenters. The van der Waals surface area contributed by atoms with Crippen molar-refractivity contribution in [1.82, 2.24) is 14.5 Å². The predicted octanol–water partition coefficient (Wildman–Crippen LogP) is 0.176. The summed E-state index contributed by atoms with van der Waals surface area (Å²) in [5.41, 5.74) is 0. The average molecular weight is 389 g/mol. The number of amides is 1. The normalized spacial score (nSPS) is 22.4. The van der Waals surface area contributed by atoms with Gasteiger partial charge in [-0.15, -0.1) is 0 Å². The Labute approximate surface area is 151 Å². The number of carbonyl (C=O) groups is 1. The first-order chi connectivity index (χ1) is 12.4. The standard InChI is InChI=1S/C16H21F2N3O4S/c17-13-2-1-3-14(18)16(13)26(23,24)21-7-5-20(6-8-21)15(22)10-12-11-25-9-4-19-12/h1-3,12,19H,4-11H2. The predicted molar refractivity (Wildman–Crippen MR) is 88.9 cm³/mol. The second-order valence-corrected chi connectivity index (χ2v) is 8.14. The van der Waals surface area contributed by atoms with Gasteiger partial charge in [-0.25, -0.2) is 17.2 Å². The van der Waals surface area contributed by atoms with Gasteiger partial charge in [0, 0.05) is 45.2 Å². The van der Waals surface area contributed by atoms with Crippen molar-refractivity contribution in [2.45, 2.75) is 17.4 Å². The second-order valence-electron chi connectivity index (χ2n) is 6.27. The molecule has 10 heteroatoms. The molecular weight excluding hydrogens is 368 g/mol. The van der Waals surface area contributed by atoms with E-state index >= 15 is 0 Å². The number of nitrogens with zero attached hydrogens (tertiary/aromatic N) is 2. The summed E-state index contributed by atoms with van der Waals surface area (Å²) in [6.07, 6.45) is 0.273. The second kappa shape index (κ2) is 7.95. The summed E-state index contributed by atoms with van der Waals surface area (Å²) in [6.45, 7) is 2.13. The average Bonchev–Trinajstić information content (AvgIpc) is 2.62. The van der Waals surface area contributed by atoms with E-state index in [-0.39, 0.29) is 44.5 Å². The Morgan fingerprint density at radius 1 is 1.19 bits per heavy atom. The smallest absolute Gasteiger partial charge is 0.249 e. The van der Waals surface area contributed by atoms with Crippen LogP contribution in [0.25, 0.3) is 0 Å². The van der Waals surface area contributed by atoms with E-state index in [0.29, 0.717) is 19.8 Å². The van der Waals surface area contributed by atoms with E-state index < -0.39 is 26.6 Å². The van der Waals surface area contributed by atoms with Crippen molar-refractivity contribution < 1.29 is 26.7 Å². The summed E-state index contributed by atoms with van der Waals surface area (Å²) in [5.74, 6) is -2.33. The molecule has 2 aliphatic rings. The van der Waals surface area contributed by atoms with Crippen molar-refractivity contribution >= 4 is 15.9 Å². The summed E-state index contributed by atoms with van der Waals surface area (Å²) >= 11 is 0. The molecule has 26 heavy (non-hydrogen) atoms. The highest BCUT2D eigenvalue weighted by Crippen LogP contribution is 2.23. The molecule has 0 saturated carbocycles. The first kappa shape index (κ1) is 19.2. The molecule has 2 fully saturated rings. The first-order valence-electron chi connectivity index (χ1n) is 8.42. The van der Waals surface area contributed by atoms with E-state index in [1.807, 2.05) is 0 Å². The van der Waals surface area contributed by atoms with Crippen LogP contribution in [0.4, 0.5) is 8.78 Å². The molecule has 0 spiro atoms. The molecule has 1 atom stereocenters. The topological polar surface area (TPSA) is 79.0 Å². The molecule has 1 aromatic carbocycles. The number of halogens is 2. The largest absolute Gasteiger partial charge is 0.378 e. The Morgan fingerprint density at radius 2 is 1.85 bits per heavy atom. The zero-order valence-electron chi connectivity index (χ0n) is 14.2. The maximum absolute atomic E-state index is 13.8. The van der Waals surface area contributed by atoms with Crippen LogP contribution in [-0.4, -0.2) is 75.5 Å². The maximum atomic E-state index is 13.8. The molecular formula is C16H21F2N3O4S. The van der Waals surface area contributed by atoms with Gasteiger partial charge in [-0.05, 0) is 12.1 Å². The highest BCUT2D eigenvalue weighted by atomic mass is 32.2. The van der Waals surface area contributed by atoms with Gasteiger partial charge in [0.2, 0.25) is 15.9 Å². The molecule has 0 radical (unpaired) electrons. The highest BCUT2D eigenvalue weighted by Gasteiger charge is 2.34. The van der Waals surface area contributed by atoms with Gasteiger partial charge in [0.1, 0.15) is 11.6 Å². The van der Waals surface area contributed by atoms with Gasteiger partial charge >= 0.3 is 0 Å². The van der Waals surface area contributed by atoms with Crippen LogP contribution in [0.15, 0.2) is 23.1 Å². The lowest BCUT2D eigenvalue weighted by molar-refractivity contribution is -0.133. The fourth-order valence-electron chi connectivity index (χ4n) is 3.13. The van der Waals surface area contributed by atoms with Crippen molar-refractivity contribution in [3.63, 3.8) is 0 Å². The van der Waals surface area contributed by atoms with Crippen molar-refractivity contribution in [3.8, 4) is 0 Å². The molecule has 0 aromatic heterocycles. The minimum atomic E-state index is -4.29. The van der Waals surface area contributed by atoms with Gasteiger partial charge in [-0.2, -0.15) is 4.31 Å². The number of nitrogens with one attached hydrogen (secondary N) is 1. The van der Waals surface area contributed by atoms with E-state index in [1.54, 1.807) is 4.90 Å². The van der Waals surface area contributed by atoms with Crippen molar-refractivity contribution in [3.05, 3.63) is 29.8 Å². The van der Waals surface area contributed by atoms with Crippen LogP contribution in [0.3, 0.4) is 0 Å². The van der Waals surface area contributed by atoms with Crippen molar-refractivity contribution in [1.29, 1.82) is 0 Å². The Hall–Kier alpha value is -1.62. The van der Waals surface area contributed by atoms with Gasteiger partial charge in [0.15, 0.2) is 4.90 Å². The van der Waals surface area contributed by atoms with Gasteiger partial charge in [-0.3, -0.25) is 4.79 Å². The lowest BCUT2D eigenvalue weighted by Crippen LogP contribution is -2.52. The minimum absolute atomic E-state index is 0.00353. The number of piperazine rings is 1. The minimum Gasteiger partial charge on any atom is -0.378 e. The molecule has 144 valence electrons. The number of hydrogen-bond acceptors (Lipinski definition) is 5. The highest BCUT2D eigenvalue weighted by molar-refractivity contribution is 7.89. The number of rotatable bonds is 4. The third kappa shape index (κ3) is 4.03. The van der Waals surface area contributed by atoms with Crippen LogP contribution in [-0.2, 0) is 19.6 Å². The number of carbonyl (C=O) groups excluding carboxylic acids is 1. The summed E-state index contributed by atoms with van der Waals surface area (Å²) in [4.78, 5) is 13.0. The van der Waals surface area contributed by atoms with E-state index in [9.17, 15) is 22.0 Å². The van der Waals surface area contributed by atoms with Gasteiger partial charge < -0.3 is 15.0 Å². The molecule has 2 aliphatic heterocycles. The Morgan fingerprint density at radius 3 is 2.42 bits per heavy atom. The number of benzene rings is 1. The quantitative estimate of drug-likeness (QED) is 0.795. The first-order valence-corrected chi connectivity index (χ1v) is 9.86. The van der Waals surface area contributed by atoms with E-state index in [4.69, 9.17) is 4.74 Å². The fraction of sp³-hybridized carbons (Fsp3) is 0.562. The fourth-order valence-corrected chi connectivity index (χ4v) is 4.66. The van der Waals surface area contributed by atoms with E-state index in [0.717, 1.165) is 22.5 Å². The monoisotopic (exact) mass is 389 g/mol. The molecule has 3 rings (SSSR count). The van der Waals surface area contributed by atoms with Crippen LogP contribution < -0.4 is 5.32 Å². The number of sulfonamides is 1. The van der Waals surface area contributed by atoms with Crippen molar-refractivity contribution in [2.75, 3.05) is 45.9 Å². The number of morpholine rings is 1. The molecule has 1 N–H and O–H groups in total. The zero-order chi connectivity index (χ0) is 18.7. The van der Waals surface area contributed by atoms with Gasteiger partial charge in [0.05, 0.1) is 13.2 Å². The SMILES string of the molecule is O=C(CC1COCCN1)N1CCN(S(=O)(=O)c2c(F)cccc2F)CC1. The third-order valence-corrected chi connectivity index (χ3v) is 6.48. The van der Waals surface area contributed by atoms with Crippen LogP contribution in [0.1, 0.15) is 6.42 Å². The maximum Gasteiger partial charge on any atom is 0.249 e. The molecule has 0 bridgehead atoms. The summed E-state index contributed by atoms with van der Waals surface area (Å²) in [5, 5.41) is 3.19. The Kier molecular flexibility index (Phi) is 5.86. The Balaban J connectivity index is 1.61. The van der Waals surface area contributed by atoms with Crippen LogP contribution in [0.5, 0.6) is 0 Å². The number of ether oxygens (including phenoxy) is 1. The lowest BCUT2D eigenvalue weighted by Gasteiger charge is -2.35. The van der Waals surface area contributed by atoms with Gasteiger partial charge in [0.25, 0.3) is 0 Å². The number of hydrogen-bond donors (Lipinski definition) is 1. The van der Waals surface area contributed by atoms with Gasteiger partial charge in [-0.1, -0.05) is 6.07 Å². The molecule has 2 saturated heterocycles. The molecule has 2 heterocycles. The molecule has 7 nitrogen and oxygen atoms in total. The molecule has 1 amide bonds. The van der Waals surface area contributed by atoms with E-state index in [2.05, 4.69) is 5.32 Å². The summed E-state index contributed by atoms with van der Waals surface area (Å²) in [6, 6.07) is 2.89. The molecule has 1 aromatic rings. The summed E-state index contributed by atoms with van der Waals surface area (Å²) < 4.78 is 59.1. The zero-order valence-corrected chi connectivity index (χ0v) is 15.0. The Bertz CT molecular complexity index is 741. The van der Waals surface area contributed by atoms with E-state index in [1.165, 1.54) is 0 Å². The third-order valence-electron chi connectivity index (χ3n) is 4.53. The summed E-state index contributed by atoms with van der Waals surface area (Å²) in [7, 11) is -4.29. The van der Waals surface area contributed by atoms with Crippen LogP contribution in [0, 0.1) is 11.6 Å².